The highest BCUT2D eigenvalue weighted by Crippen LogP contribution is 2.42. The van der Waals surface area contributed by atoms with E-state index in [1.54, 1.807) is 37.4 Å². The molecule has 0 aliphatic carbocycles. The minimum atomic E-state index is -1.85. The lowest BCUT2D eigenvalue weighted by Crippen LogP contribution is -2.59. The van der Waals surface area contributed by atoms with Crippen molar-refractivity contribution in [3.05, 3.63) is 71.5 Å². The molecular weight excluding hydrogens is 459 g/mol. The second-order valence-corrected chi connectivity index (χ2v) is 7.68. The molecule has 1 aliphatic heterocycles. The lowest BCUT2D eigenvalue weighted by Gasteiger charge is -2.39. The number of halogens is 1. The topological polar surface area (TPSA) is 123 Å². The van der Waals surface area contributed by atoms with Crippen molar-refractivity contribution in [3.8, 4) is 17.8 Å². The quantitative estimate of drug-likeness (QED) is 0.520. The van der Waals surface area contributed by atoms with Crippen molar-refractivity contribution in [1.82, 2.24) is 15.3 Å². The van der Waals surface area contributed by atoms with Gasteiger partial charge in [0.15, 0.2) is 0 Å². The number of nitrogens with zero attached hydrogens (tertiary/aromatic N) is 3. The Kier molecular flexibility index (Phi) is 6.52. The molecule has 1 aliphatic rings. The fourth-order valence-electron chi connectivity index (χ4n) is 4.13. The van der Waals surface area contributed by atoms with Crippen LogP contribution in [0.2, 0.25) is 0 Å². The Morgan fingerprint density at radius 2 is 1.69 bits per heavy atom. The molecule has 11 heteroatoms. The summed E-state index contributed by atoms with van der Waals surface area (Å²) in [6, 6.07) is 13.4. The van der Waals surface area contributed by atoms with Crippen LogP contribution in [-0.2, 0) is 15.1 Å². The van der Waals surface area contributed by atoms with E-state index in [2.05, 4.69) is 15.3 Å². The van der Waals surface area contributed by atoms with Crippen LogP contribution in [0.1, 0.15) is 11.1 Å². The summed E-state index contributed by atoms with van der Waals surface area (Å²) in [5.41, 5.74) is -1.17. The van der Waals surface area contributed by atoms with E-state index in [1.807, 2.05) is 0 Å². The number of rotatable bonds is 7. The maximum Gasteiger partial charge on any atom is 0.347 e. The van der Waals surface area contributed by atoms with Crippen LogP contribution in [0.3, 0.4) is 0 Å². The van der Waals surface area contributed by atoms with Gasteiger partial charge in [0, 0.05) is 23.9 Å². The van der Waals surface area contributed by atoms with Crippen LogP contribution in [0, 0.1) is 5.82 Å². The Balaban J connectivity index is 2.00. The Labute approximate surface area is 200 Å². The molecule has 1 amide bonds. The molecule has 182 valence electrons. The zero-order valence-corrected chi connectivity index (χ0v) is 19.2. The number of hydrogen-bond donors (Lipinski definition) is 2. The fraction of sp³-hybridized carbons (Fsp3) is 0.250. The maximum atomic E-state index is 15.4. The van der Waals surface area contributed by atoms with Gasteiger partial charge in [0.05, 0.1) is 26.8 Å². The first-order chi connectivity index (χ1) is 16.8. The van der Waals surface area contributed by atoms with E-state index < -0.39 is 23.4 Å². The van der Waals surface area contributed by atoms with Gasteiger partial charge in [-0.05, 0) is 12.1 Å². The van der Waals surface area contributed by atoms with Gasteiger partial charge in [-0.15, -0.1) is 0 Å². The van der Waals surface area contributed by atoms with Crippen LogP contribution in [0.15, 0.2) is 54.6 Å². The number of fused-ring (bicyclic) bond motifs is 1. The monoisotopic (exact) mass is 482 g/mol. The molecule has 3 aromatic rings. The van der Waals surface area contributed by atoms with Crippen LogP contribution < -0.4 is 24.4 Å². The molecular formula is C24H23FN4O6. The third-order valence-corrected chi connectivity index (χ3v) is 5.80. The molecule has 0 bridgehead atoms. The molecule has 0 spiro atoms. The minimum absolute atomic E-state index is 0.0298. The lowest BCUT2D eigenvalue weighted by molar-refractivity contribution is -0.149. The number of benzene rings is 2. The van der Waals surface area contributed by atoms with Crippen molar-refractivity contribution in [1.29, 1.82) is 0 Å². The van der Waals surface area contributed by atoms with Crippen molar-refractivity contribution in [2.45, 2.75) is 11.6 Å². The molecule has 2 atom stereocenters. The maximum absolute atomic E-state index is 15.4. The Hall–Kier alpha value is -4.25. The Morgan fingerprint density at radius 3 is 2.29 bits per heavy atom. The van der Waals surface area contributed by atoms with Gasteiger partial charge < -0.3 is 24.2 Å². The number of aromatic nitrogens is 2. The zero-order valence-electron chi connectivity index (χ0n) is 19.2. The van der Waals surface area contributed by atoms with Crippen molar-refractivity contribution < 1.29 is 33.3 Å². The van der Waals surface area contributed by atoms with Crippen LogP contribution in [0.5, 0.6) is 17.8 Å². The summed E-state index contributed by atoms with van der Waals surface area (Å²) < 4.78 is 31.5. The third-order valence-electron chi connectivity index (χ3n) is 5.80. The first kappa shape index (κ1) is 23.9. The molecule has 0 unspecified atom stereocenters. The standard InChI is InChI=1S/C24H23FN4O6/c1-29-17-11-7-5-9-15(17)24(26-13-20(29)30,14-8-4-6-10-16(14)25)21(22(31)32)35-23-27-18(33-2)12-19(28-23)34-3/h4-12,21,26H,13H2,1-3H3,(H,31,32)/t21-,24-/m1/s1. The van der Waals surface area contributed by atoms with Gasteiger partial charge >= 0.3 is 12.0 Å². The van der Waals surface area contributed by atoms with Crippen LogP contribution >= 0.6 is 0 Å². The first-order valence-corrected chi connectivity index (χ1v) is 10.5. The molecule has 0 fully saturated rings. The second-order valence-electron chi connectivity index (χ2n) is 7.68. The molecule has 0 saturated heterocycles. The number of ether oxygens (including phenoxy) is 3. The Morgan fingerprint density at radius 1 is 1.09 bits per heavy atom. The second kappa shape index (κ2) is 9.55. The number of hydrogen-bond acceptors (Lipinski definition) is 8. The summed E-state index contributed by atoms with van der Waals surface area (Å²) in [7, 11) is 4.30. The number of carboxylic acid groups (broad SMARTS) is 1. The van der Waals surface area contributed by atoms with Crippen LogP contribution in [0.4, 0.5) is 10.1 Å². The van der Waals surface area contributed by atoms with E-state index in [1.165, 1.54) is 43.4 Å². The zero-order chi connectivity index (χ0) is 25.2. The highest BCUT2D eigenvalue weighted by Gasteiger charge is 2.53. The summed E-state index contributed by atoms with van der Waals surface area (Å²) in [6.07, 6.45) is -1.82. The number of carbonyl (C=O) groups excluding carboxylic acids is 1. The predicted molar refractivity (Wildman–Crippen MR) is 122 cm³/mol. The van der Waals surface area contributed by atoms with E-state index >= 15 is 4.39 Å². The first-order valence-electron chi connectivity index (χ1n) is 10.5. The molecule has 0 radical (unpaired) electrons. The molecule has 2 aromatic carbocycles. The van der Waals surface area contributed by atoms with Crippen LogP contribution in [-0.4, -0.2) is 60.9 Å². The van der Waals surface area contributed by atoms with Crippen molar-refractivity contribution in [2.24, 2.45) is 0 Å². The largest absolute Gasteiger partial charge is 0.481 e. The van der Waals surface area contributed by atoms with Crippen LogP contribution in [0.25, 0.3) is 0 Å². The number of carboxylic acids is 1. The number of anilines is 1. The smallest absolute Gasteiger partial charge is 0.347 e. The predicted octanol–water partition coefficient (Wildman–Crippen LogP) is 1.97. The number of methoxy groups -OCH3 is 2. The van der Waals surface area contributed by atoms with Gasteiger partial charge in [-0.3, -0.25) is 10.1 Å². The van der Waals surface area contributed by atoms with Gasteiger partial charge in [0.1, 0.15) is 11.4 Å². The van der Waals surface area contributed by atoms with E-state index in [9.17, 15) is 14.7 Å². The molecule has 10 nitrogen and oxygen atoms in total. The lowest BCUT2D eigenvalue weighted by atomic mass is 9.76. The van der Waals surface area contributed by atoms with Gasteiger partial charge in [0.25, 0.3) is 0 Å². The SMILES string of the molecule is COc1cc(OC)nc(O[C@H](C(=O)O)[C@]2(c3ccccc3F)NCC(=O)N(C)c3ccccc32)n1. The van der Waals surface area contributed by atoms with Crippen molar-refractivity contribution in [2.75, 3.05) is 32.7 Å². The van der Waals surface area contributed by atoms with E-state index in [-0.39, 0.29) is 35.8 Å². The molecule has 4 rings (SSSR count). The number of likely N-dealkylation sites (N-methyl/N-ethyl adjacent to an activating group) is 1. The number of aliphatic carboxylic acids is 1. The number of carbonyl (C=O) groups is 2. The molecule has 35 heavy (non-hydrogen) atoms. The van der Waals surface area contributed by atoms with E-state index in [0.717, 1.165) is 0 Å². The molecule has 1 aromatic heterocycles. The molecule has 2 N–H and O–H groups in total. The number of nitrogens with one attached hydrogen (secondary N) is 1. The summed E-state index contributed by atoms with van der Waals surface area (Å²) in [5, 5.41) is 13.4. The number of amides is 1. The van der Waals surface area contributed by atoms with Crippen molar-refractivity contribution in [3.63, 3.8) is 0 Å². The Bertz CT molecular complexity index is 1250. The summed E-state index contributed by atoms with van der Waals surface area (Å²) in [4.78, 5) is 35.1. The van der Waals surface area contributed by atoms with Crippen molar-refractivity contribution >= 4 is 17.6 Å². The third kappa shape index (κ3) is 4.21. The number of para-hydroxylation sites is 1. The average molecular weight is 482 g/mol. The highest BCUT2D eigenvalue weighted by molar-refractivity contribution is 5.97. The molecule has 2 heterocycles. The minimum Gasteiger partial charge on any atom is -0.481 e. The normalized spacial score (nSPS) is 18.3. The van der Waals surface area contributed by atoms with Gasteiger partial charge in [-0.1, -0.05) is 36.4 Å². The highest BCUT2D eigenvalue weighted by atomic mass is 19.1. The summed E-state index contributed by atoms with van der Waals surface area (Å²) in [6.45, 7) is -0.297. The van der Waals surface area contributed by atoms with E-state index in [4.69, 9.17) is 14.2 Å². The van der Waals surface area contributed by atoms with Gasteiger partial charge in [-0.2, -0.15) is 9.97 Å². The van der Waals surface area contributed by atoms with Gasteiger partial charge in [0.2, 0.25) is 23.8 Å². The summed E-state index contributed by atoms with van der Waals surface area (Å²) in [5.74, 6) is -2.34. The molecule has 0 saturated carbocycles. The average Bonchev–Trinajstić information content (AvgIpc) is 2.98. The van der Waals surface area contributed by atoms with Gasteiger partial charge in [-0.25, -0.2) is 9.18 Å². The summed E-state index contributed by atoms with van der Waals surface area (Å²) >= 11 is 0. The fourth-order valence-corrected chi connectivity index (χ4v) is 4.13. The van der Waals surface area contributed by atoms with E-state index in [0.29, 0.717) is 11.3 Å².